The molecule has 0 heterocycles. The summed E-state index contributed by atoms with van der Waals surface area (Å²) in [7, 11) is 0. The van der Waals surface area contributed by atoms with Crippen LogP contribution >= 0.6 is 0 Å². The Labute approximate surface area is 127 Å². The summed E-state index contributed by atoms with van der Waals surface area (Å²) in [4.78, 5) is 14.4. The van der Waals surface area contributed by atoms with Crippen LogP contribution in [0.3, 0.4) is 0 Å². The number of nitrogens with zero attached hydrogens (tertiary/aromatic N) is 1. The van der Waals surface area contributed by atoms with Crippen molar-refractivity contribution >= 4 is 11.6 Å². The third kappa shape index (κ3) is 3.76. The van der Waals surface area contributed by atoms with Gasteiger partial charge in [0.15, 0.2) is 0 Å². The number of aliphatic hydroxyl groups is 1. The van der Waals surface area contributed by atoms with Crippen LogP contribution < -0.4 is 10.2 Å². The molecule has 0 atom stereocenters. The molecule has 0 aromatic heterocycles. The normalized spacial score (nSPS) is 15.9. The van der Waals surface area contributed by atoms with Crippen LogP contribution in [0, 0.1) is 5.41 Å². The lowest BCUT2D eigenvalue weighted by Crippen LogP contribution is -2.32. The first-order valence-electron chi connectivity index (χ1n) is 7.77. The number of hydrogen-bond acceptors (Lipinski definition) is 3. The third-order valence-electron chi connectivity index (χ3n) is 4.34. The molecule has 4 heteroatoms. The first-order valence-corrected chi connectivity index (χ1v) is 7.77. The second-order valence-electron chi connectivity index (χ2n) is 6.27. The summed E-state index contributed by atoms with van der Waals surface area (Å²) in [5, 5.41) is 12.2. The molecule has 1 aliphatic carbocycles. The molecule has 0 spiro atoms. The van der Waals surface area contributed by atoms with E-state index in [1.165, 1.54) is 0 Å². The number of carbonyl (C=O) groups excluding carboxylic acids is 1. The summed E-state index contributed by atoms with van der Waals surface area (Å²) in [6.07, 6.45) is 2.01. The van der Waals surface area contributed by atoms with Crippen molar-refractivity contribution in [1.82, 2.24) is 5.32 Å². The van der Waals surface area contributed by atoms with E-state index in [1.807, 2.05) is 24.3 Å². The summed E-state index contributed by atoms with van der Waals surface area (Å²) >= 11 is 0. The van der Waals surface area contributed by atoms with Crippen LogP contribution in [0.15, 0.2) is 24.3 Å². The van der Waals surface area contributed by atoms with Gasteiger partial charge in [-0.25, -0.2) is 0 Å². The molecule has 21 heavy (non-hydrogen) atoms. The van der Waals surface area contributed by atoms with E-state index in [0.717, 1.165) is 25.1 Å². The Morgan fingerprint density at radius 3 is 2.38 bits per heavy atom. The van der Waals surface area contributed by atoms with Crippen LogP contribution in [0.2, 0.25) is 0 Å². The molecule has 0 radical (unpaired) electrons. The highest BCUT2D eigenvalue weighted by Crippen LogP contribution is 2.44. The highest BCUT2D eigenvalue weighted by molar-refractivity contribution is 5.94. The fraction of sp³-hybridized carbons (Fsp3) is 0.588. The van der Waals surface area contributed by atoms with Crippen molar-refractivity contribution in [2.24, 2.45) is 5.41 Å². The summed E-state index contributed by atoms with van der Waals surface area (Å²) in [5.41, 5.74) is 1.76. The van der Waals surface area contributed by atoms with Crippen molar-refractivity contribution in [3.8, 4) is 0 Å². The van der Waals surface area contributed by atoms with E-state index in [2.05, 4.69) is 31.0 Å². The minimum atomic E-state index is -0.0612. The van der Waals surface area contributed by atoms with Gasteiger partial charge in [0.1, 0.15) is 0 Å². The van der Waals surface area contributed by atoms with Crippen molar-refractivity contribution < 1.29 is 9.90 Å². The molecule has 0 aliphatic heterocycles. The van der Waals surface area contributed by atoms with Crippen LogP contribution in [-0.4, -0.2) is 36.8 Å². The lowest BCUT2D eigenvalue weighted by Gasteiger charge is -2.27. The van der Waals surface area contributed by atoms with Crippen molar-refractivity contribution in [3.05, 3.63) is 29.8 Å². The van der Waals surface area contributed by atoms with Crippen molar-refractivity contribution in [1.29, 1.82) is 0 Å². The van der Waals surface area contributed by atoms with Crippen LogP contribution in [0.4, 0.5) is 5.69 Å². The minimum Gasteiger partial charge on any atom is -0.396 e. The zero-order valence-electron chi connectivity index (χ0n) is 13.2. The van der Waals surface area contributed by atoms with E-state index in [9.17, 15) is 9.90 Å². The van der Waals surface area contributed by atoms with Gasteiger partial charge in [-0.05, 0) is 57.9 Å². The molecule has 4 nitrogen and oxygen atoms in total. The molecular weight excluding hydrogens is 264 g/mol. The van der Waals surface area contributed by atoms with Crippen LogP contribution in [0.1, 0.15) is 44.0 Å². The van der Waals surface area contributed by atoms with Crippen molar-refractivity contribution in [2.45, 2.75) is 39.7 Å². The standard InChI is InChI=1S/C17H26N2O2/c1-4-19(13(2)3)15-7-5-14(6-8-15)16(21)18-11-17(12-20)9-10-17/h5-8,13,20H,4,9-12H2,1-3H3,(H,18,21). The minimum absolute atomic E-state index is 0.0494. The third-order valence-corrected chi connectivity index (χ3v) is 4.34. The maximum atomic E-state index is 12.1. The molecular formula is C17H26N2O2. The molecule has 1 fully saturated rings. The van der Waals surface area contributed by atoms with Crippen molar-refractivity contribution in [2.75, 3.05) is 24.6 Å². The first kappa shape index (κ1) is 15.8. The van der Waals surface area contributed by atoms with E-state index in [0.29, 0.717) is 18.2 Å². The Morgan fingerprint density at radius 1 is 1.33 bits per heavy atom. The highest BCUT2D eigenvalue weighted by Gasteiger charge is 2.42. The van der Waals surface area contributed by atoms with Gasteiger partial charge in [-0.2, -0.15) is 0 Å². The molecule has 1 aromatic carbocycles. The fourth-order valence-electron chi connectivity index (χ4n) is 2.59. The largest absolute Gasteiger partial charge is 0.396 e. The zero-order valence-corrected chi connectivity index (χ0v) is 13.2. The zero-order chi connectivity index (χ0) is 15.5. The van der Waals surface area contributed by atoms with E-state index in [-0.39, 0.29) is 17.9 Å². The second-order valence-corrected chi connectivity index (χ2v) is 6.27. The smallest absolute Gasteiger partial charge is 0.251 e. The number of nitrogens with one attached hydrogen (secondary N) is 1. The Balaban J connectivity index is 1.96. The van der Waals surface area contributed by atoms with Gasteiger partial charge in [-0.3, -0.25) is 4.79 Å². The maximum Gasteiger partial charge on any atom is 0.251 e. The Hall–Kier alpha value is -1.55. The average Bonchev–Trinajstić information content (AvgIpc) is 3.26. The van der Waals surface area contributed by atoms with Gasteiger partial charge >= 0.3 is 0 Å². The molecule has 1 amide bonds. The van der Waals surface area contributed by atoms with Gasteiger partial charge in [-0.1, -0.05) is 0 Å². The lowest BCUT2D eigenvalue weighted by atomic mass is 10.1. The van der Waals surface area contributed by atoms with E-state index >= 15 is 0 Å². The molecule has 116 valence electrons. The molecule has 1 saturated carbocycles. The molecule has 0 unspecified atom stereocenters. The average molecular weight is 290 g/mol. The number of hydrogen-bond donors (Lipinski definition) is 2. The van der Waals surface area contributed by atoms with E-state index in [1.54, 1.807) is 0 Å². The van der Waals surface area contributed by atoms with E-state index in [4.69, 9.17) is 0 Å². The Morgan fingerprint density at radius 2 is 1.95 bits per heavy atom. The Bertz CT molecular complexity index is 478. The van der Waals surface area contributed by atoms with Crippen LogP contribution in [0.5, 0.6) is 0 Å². The molecule has 1 aliphatic rings. The first-order chi connectivity index (χ1) is 10.0. The molecule has 0 bridgehead atoms. The Kier molecular flexibility index (Phi) is 4.88. The summed E-state index contributed by atoms with van der Waals surface area (Å²) in [5.74, 6) is -0.0612. The quantitative estimate of drug-likeness (QED) is 0.811. The number of aliphatic hydroxyl groups excluding tert-OH is 1. The number of amides is 1. The van der Waals surface area contributed by atoms with Crippen molar-refractivity contribution in [3.63, 3.8) is 0 Å². The van der Waals surface area contributed by atoms with Gasteiger partial charge in [-0.15, -0.1) is 0 Å². The summed E-state index contributed by atoms with van der Waals surface area (Å²) in [6.45, 7) is 8.12. The molecule has 2 rings (SSSR count). The van der Waals surface area contributed by atoms with Crippen LogP contribution in [-0.2, 0) is 0 Å². The van der Waals surface area contributed by atoms with Crippen LogP contribution in [0.25, 0.3) is 0 Å². The lowest BCUT2D eigenvalue weighted by molar-refractivity contribution is 0.0935. The number of anilines is 1. The molecule has 0 saturated heterocycles. The van der Waals surface area contributed by atoms with Gasteiger partial charge in [0.05, 0.1) is 6.61 Å². The fourth-order valence-corrected chi connectivity index (χ4v) is 2.59. The number of benzene rings is 1. The summed E-state index contributed by atoms with van der Waals surface area (Å²) in [6, 6.07) is 8.17. The van der Waals surface area contributed by atoms with E-state index < -0.39 is 0 Å². The second kappa shape index (κ2) is 6.48. The summed E-state index contributed by atoms with van der Waals surface area (Å²) < 4.78 is 0. The predicted octanol–water partition coefficient (Wildman–Crippen LogP) is 2.42. The molecule has 1 aromatic rings. The number of carbonyl (C=O) groups is 1. The van der Waals surface area contributed by atoms with Gasteiger partial charge < -0.3 is 15.3 Å². The van der Waals surface area contributed by atoms with Gasteiger partial charge in [0.2, 0.25) is 0 Å². The van der Waals surface area contributed by atoms with Gasteiger partial charge in [0.25, 0.3) is 5.91 Å². The monoisotopic (exact) mass is 290 g/mol. The SMILES string of the molecule is CCN(c1ccc(C(=O)NCC2(CO)CC2)cc1)C(C)C. The topological polar surface area (TPSA) is 52.6 Å². The maximum absolute atomic E-state index is 12.1. The predicted molar refractivity (Wildman–Crippen MR) is 85.7 cm³/mol. The highest BCUT2D eigenvalue weighted by atomic mass is 16.3. The van der Waals surface area contributed by atoms with Gasteiger partial charge in [0, 0.05) is 35.8 Å². The molecule has 2 N–H and O–H groups in total. The number of rotatable bonds is 7.